The van der Waals surface area contributed by atoms with Crippen LogP contribution in [-0.2, 0) is 15.0 Å². The van der Waals surface area contributed by atoms with Crippen LogP contribution in [0.5, 0.6) is 5.75 Å². The molecule has 1 aliphatic rings. The molecule has 6 heteroatoms. The fraction of sp³-hybridized carbons (Fsp3) is 0.579. The lowest BCUT2D eigenvalue weighted by Gasteiger charge is -2.19. The molecular weight excluding hydrogens is 325 g/mol. The zero-order valence-corrected chi connectivity index (χ0v) is 15.0. The third-order valence-electron chi connectivity index (χ3n) is 4.48. The summed E-state index contributed by atoms with van der Waals surface area (Å²) in [6.45, 7) is 6.59. The van der Waals surface area contributed by atoms with Gasteiger partial charge in [-0.15, -0.1) is 0 Å². The third kappa shape index (κ3) is 4.94. The highest BCUT2D eigenvalue weighted by molar-refractivity contribution is 5.82. The van der Waals surface area contributed by atoms with Crippen LogP contribution in [0.15, 0.2) is 24.3 Å². The number of nitrogens with zero attached hydrogens (tertiary/aromatic N) is 1. The van der Waals surface area contributed by atoms with Gasteiger partial charge in [-0.1, -0.05) is 32.9 Å². The first-order chi connectivity index (χ1) is 11.6. The molecule has 2 rings (SSSR count). The van der Waals surface area contributed by atoms with E-state index in [0.717, 1.165) is 5.75 Å². The van der Waals surface area contributed by atoms with Crippen molar-refractivity contribution in [2.75, 3.05) is 19.7 Å². The number of likely N-dealkylation sites (tertiary alicyclic amines) is 1. The van der Waals surface area contributed by atoms with E-state index >= 15 is 0 Å². The van der Waals surface area contributed by atoms with Crippen molar-refractivity contribution in [1.29, 1.82) is 0 Å². The maximum atomic E-state index is 14.0. The van der Waals surface area contributed by atoms with E-state index < -0.39 is 11.6 Å². The summed E-state index contributed by atoms with van der Waals surface area (Å²) in [5.41, 5.74) is -0.999. The van der Waals surface area contributed by atoms with Gasteiger partial charge in [0.25, 0.3) is 0 Å². The molecule has 1 heterocycles. The molecular formula is C19H26FNO4. The van der Waals surface area contributed by atoms with Crippen molar-refractivity contribution in [2.45, 2.75) is 51.1 Å². The van der Waals surface area contributed by atoms with Crippen LogP contribution < -0.4 is 4.74 Å². The Balaban J connectivity index is 1.73. The summed E-state index contributed by atoms with van der Waals surface area (Å²) in [5.74, 6) is -0.979. The normalized spacial score (nSPS) is 20.6. The van der Waals surface area contributed by atoms with Gasteiger partial charge < -0.3 is 14.7 Å². The summed E-state index contributed by atoms with van der Waals surface area (Å²) in [7, 11) is 0. The fourth-order valence-corrected chi connectivity index (χ4v) is 2.78. The quantitative estimate of drug-likeness (QED) is 0.800. The summed E-state index contributed by atoms with van der Waals surface area (Å²) in [6.07, 6.45) is 0.573. The molecule has 25 heavy (non-hydrogen) atoms. The summed E-state index contributed by atoms with van der Waals surface area (Å²) < 4.78 is 19.6. The van der Waals surface area contributed by atoms with Crippen LogP contribution >= 0.6 is 0 Å². The average molecular weight is 351 g/mol. The topological polar surface area (TPSA) is 66.8 Å². The average Bonchev–Trinajstić information content (AvgIpc) is 2.95. The lowest BCUT2D eigenvalue weighted by molar-refractivity contribution is -0.150. The molecule has 0 saturated carbocycles. The predicted octanol–water partition coefficient (Wildman–Crippen LogP) is 3.17. The smallest absolute Gasteiger partial charge is 0.343 e. The van der Waals surface area contributed by atoms with E-state index in [1.54, 1.807) is 0 Å². The van der Waals surface area contributed by atoms with Gasteiger partial charge in [-0.25, -0.2) is 9.18 Å². The van der Waals surface area contributed by atoms with E-state index in [-0.39, 0.29) is 37.3 Å². The van der Waals surface area contributed by atoms with Crippen LogP contribution in [0.3, 0.4) is 0 Å². The van der Waals surface area contributed by atoms with E-state index in [4.69, 9.17) is 9.84 Å². The van der Waals surface area contributed by atoms with Crippen molar-refractivity contribution in [3.63, 3.8) is 0 Å². The number of carbonyl (C=O) groups is 2. The molecule has 1 fully saturated rings. The summed E-state index contributed by atoms with van der Waals surface area (Å²) >= 11 is 0. The molecule has 1 aromatic rings. The van der Waals surface area contributed by atoms with Crippen LogP contribution in [0.1, 0.15) is 45.6 Å². The molecule has 0 bridgehead atoms. The van der Waals surface area contributed by atoms with Crippen molar-refractivity contribution in [2.24, 2.45) is 0 Å². The number of rotatable bonds is 6. The van der Waals surface area contributed by atoms with Gasteiger partial charge in [0.05, 0.1) is 13.2 Å². The van der Waals surface area contributed by atoms with E-state index in [9.17, 15) is 14.0 Å². The lowest BCUT2D eigenvalue weighted by Crippen LogP contribution is -2.38. The molecule has 0 aliphatic carbocycles. The number of hydrogen-bond donors (Lipinski definition) is 1. The van der Waals surface area contributed by atoms with Crippen LogP contribution in [0.25, 0.3) is 0 Å². The number of halogens is 1. The highest BCUT2D eigenvalue weighted by Gasteiger charge is 2.46. The first-order valence-electron chi connectivity index (χ1n) is 8.55. The molecule has 1 aliphatic heterocycles. The summed E-state index contributed by atoms with van der Waals surface area (Å²) in [5, 5.41) is 8.85. The van der Waals surface area contributed by atoms with Crippen LogP contribution in [-0.4, -0.2) is 47.2 Å². The Kier molecular flexibility index (Phi) is 5.70. The number of carboxylic acid groups (broad SMARTS) is 1. The standard InChI is InChI=1S/C19H26FNO4/c1-18(2,3)14-6-8-15(9-7-14)25-12-4-5-16(22)21-11-10-19(20,13-21)17(23)24/h6-9H,4-5,10-13H2,1-3H3,(H,23,24). The minimum absolute atomic E-state index is 0.0856. The van der Waals surface area contributed by atoms with E-state index in [2.05, 4.69) is 20.8 Å². The van der Waals surface area contributed by atoms with Gasteiger partial charge in [0.15, 0.2) is 0 Å². The first kappa shape index (κ1) is 19.2. The predicted molar refractivity (Wildman–Crippen MR) is 92.5 cm³/mol. The molecule has 1 N–H and O–H groups in total. The van der Waals surface area contributed by atoms with Gasteiger partial charge in [-0.2, -0.15) is 0 Å². The van der Waals surface area contributed by atoms with Gasteiger partial charge in [-0.3, -0.25) is 4.79 Å². The second-order valence-electron chi connectivity index (χ2n) is 7.56. The summed E-state index contributed by atoms with van der Waals surface area (Å²) in [4.78, 5) is 24.2. The molecule has 5 nitrogen and oxygen atoms in total. The number of benzene rings is 1. The molecule has 138 valence electrons. The fourth-order valence-electron chi connectivity index (χ4n) is 2.78. The Morgan fingerprint density at radius 3 is 2.44 bits per heavy atom. The number of amides is 1. The highest BCUT2D eigenvalue weighted by Crippen LogP contribution is 2.27. The second-order valence-corrected chi connectivity index (χ2v) is 7.56. The lowest BCUT2D eigenvalue weighted by atomic mass is 9.87. The third-order valence-corrected chi connectivity index (χ3v) is 4.48. The Morgan fingerprint density at radius 1 is 1.28 bits per heavy atom. The van der Waals surface area contributed by atoms with Crippen molar-refractivity contribution in [3.8, 4) is 5.75 Å². The number of ether oxygens (including phenoxy) is 1. The Bertz CT molecular complexity index is 623. The van der Waals surface area contributed by atoms with E-state index in [1.165, 1.54) is 10.5 Å². The number of hydrogen-bond acceptors (Lipinski definition) is 3. The molecule has 1 aromatic carbocycles. The van der Waals surface area contributed by atoms with E-state index in [0.29, 0.717) is 13.0 Å². The number of carbonyl (C=O) groups excluding carboxylic acids is 1. The molecule has 0 radical (unpaired) electrons. The van der Waals surface area contributed by atoms with Gasteiger partial charge in [-0.05, 0) is 29.5 Å². The minimum Gasteiger partial charge on any atom is -0.494 e. The zero-order valence-electron chi connectivity index (χ0n) is 15.0. The summed E-state index contributed by atoms with van der Waals surface area (Å²) in [6, 6.07) is 7.87. The minimum atomic E-state index is -2.30. The van der Waals surface area contributed by atoms with Gasteiger partial charge in [0.2, 0.25) is 11.6 Å². The van der Waals surface area contributed by atoms with Crippen molar-refractivity contribution in [1.82, 2.24) is 4.90 Å². The Labute approximate surface area is 147 Å². The molecule has 0 spiro atoms. The monoisotopic (exact) mass is 351 g/mol. The van der Waals surface area contributed by atoms with Gasteiger partial charge in [0.1, 0.15) is 5.75 Å². The second kappa shape index (κ2) is 7.42. The molecule has 1 atom stereocenters. The van der Waals surface area contributed by atoms with Crippen molar-refractivity contribution < 1.29 is 23.8 Å². The molecule has 1 saturated heterocycles. The first-order valence-corrected chi connectivity index (χ1v) is 8.55. The molecule has 1 amide bonds. The molecule has 1 unspecified atom stereocenters. The Morgan fingerprint density at radius 2 is 1.92 bits per heavy atom. The SMILES string of the molecule is CC(C)(C)c1ccc(OCCCC(=O)N2CCC(F)(C(=O)O)C2)cc1. The largest absolute Gasteiger partial charge is 0.494 e. The van der Waals surface area contributed by atoms with Crippen LogP contribution in [0.2, 0.25) is 0 Å². The van der Waals surface area contributed by atoms with Crippen molar-refractivity contribution in [3.05, 3.63) is 29.8 Å². The van der Waals surface area contributed by atoms with Gasteiger partial charge >= 0.3 is 5.97 Å². The maximum absolute atomic E-state index is 14.0. The number of alkyl halides is 1. The van der Waals surface area contributed by atoms with Crippen LogP contribution in [0.4, 0.5) is 4.39 Å². The Hall–Kier alpha value is -2.11. The molecule has 0 aromatic heterocycles. The maximum Gasteiger partial charge on any atom is 0.343 e. The zero-order chi connectivity index (χ0) is 18.7. The number of aliphatic carboxylic acids is 1. The van der Waals surface area contributed by atoms with Gasteiger partial charge in [0, 0.05) is 19.4 Å². The van der Waals surface area contributed by atoms with E-state index in [1.807, 2.05) is 24.3 Å². The van der Waals surface area contributed by atoms with Crippen LogP contribution in [0, 0.1) is 0 Å². The highest BCUT2D eigenvalue weighted by atomic mass is 19.1. The number of carboxylic acids is 1. The van der Waals surface area contributed by atoms with Crippen molar-refractivity contribution >= 4 is 11.9 Å².